The number of aromatic nitrogens is 1. The fourth-order valence-electron chi connectivity index (χ4n) is 2.12. The zero-order valence-electron chi connectivity index (χ0n) is 12.8. The number of pyridine rings is 1. The SMILES string of the molecule is CC(C)COC(=O)N1CCN(c2ccc([N+](=O)[O-])cn2)CC1. The van der Waals surface area contributed by atoms with Gasteiger partial charge < -0.3 is 14.5 Å². The van der Waals surface area contributed by atoms with Gasteiger partial charge in [-0.1, -0.05) is 13.8 Å². The summed E-state index contributed by atoms with van der Waals surface area (Å²) in [5, 5.41) is 10.6. The Morgan fingerprint density at radius 3 is 2.55 bits per heavy atom. The van der Waals surface area contributed by atoms with E-state index in [2.05, 4.69) is 4.98 Å². The van der Waals surface area contributed by atoms with Crippen LogP contribution in [0.4, 0.5) is 16.3 Å². The molecule has 1 aromatic heterocycles. The van der Waals surface area contributed by atoms with Crippen molar-refractivity contribution in [3.05, 3.63) is 28.4 Å². The van der Waals surface area contributed by atoms with Crippen LogP contribution in [0, 0.1) is 16.0 Å². The van der Waals surface area contributed by atoms with Gasteiger partial charge in [0.05, 0.1) is 11.5 Å². The quantitative estimate of drug-likeness (QED) is 0.623. The van der Waals surface area contributed by atoms with Crippen LogP contribution in [0.25, 0.3) is 0 Å². The molecular weight excluding hydrogens is 288 g/mol. The number of carbonyl (C=O) groups excluding carboxylic acids is 1. The number of amides is 1. The van der Waals surface area contributed by atoms with Gasteiger partial charge in [0.1, 0.15) is 12.0 Å². The molecule has 1 amide bonds. The molecule has 120 valence electrons. The van der Waals surface area contributed by atoms with E-state index < -0.39 is 4.92 Å². The Bertz CT molecular complexity index is 524. The Balaban J connectivity index is 1.86. The number of ether oxygens (including phenoxy) is 1. The lowest BCUT2D eigenvalue weighted by atomic mass is 10.2. The first-order valence-electron chi connectivity index (χ1n) is 7.24. The summed E-state index contributed by atoms with van der Waals surface area (Å²) in [6.45, 7) is 6.76. The molecule has 0 saturated carbocycles. The average molecular weight is 308 g/mol. The number of hydrogen-bond acceptors (Lipinski definition) is 6. The van der Waals surface area contributed by atoms with Gasteiger partial charge in [-0.15, -0.1) is 0 Å². The predicted octanol–water partition coefficient (Wildman–Crippen LogP) is 1.90. The fraction of sp³-hybridized carbons (Fsp3) is 0.571. The van der Waals surface area contributed by atoms with Crippen molar-refractivity contribution in [1.29, 1.82) is 0 Å². The van der Waals surface area contributed by atoms with E-state index in [0.717, 1.165) is 0 Å². The van der Waals surface area contributed by atoms with Crippen LogP contribution in [-0.2, 0) is 4.74 Å². The summed E-state index contributed by atoms with van der Waals surface area (Å²) in [4.78, 5) is 29.8. The first-order chi connectivity index (χ1) is 10.5. The summed E-state index contributed by atoms with van der Waals surface area (Å²) in [6, 6.07) is 3.07. The van der Waals surface area contributed by atoms with Gasteiger partial charge in [0.25, 0.3) is 5.69 Å². The van der Waals surface area contributed by atoms with Crippen molar-refractivity contribution in [2.45, 2.75) is 13.8 Å². The molecule has 0 bridgehead atoms. The molecule has 1 saturated heterocycles. The molecule has 1 aliphatic heterocycles. The molecule has 8 nitrogen and oxygen atoms in total. The molecule has 2 rings (SSSR count). The van der Waals surface area contributed by atoms with Gasteiger partial charge in [-0.05, 0) is 12.0 Å². The Hall–Kier alpha value is -2.38. The summed E-state index contributed by atoms with van der Waals surface area (Å²) in [5.74, 6) is 0.996. The van der Waals surface area contributed by atoms with E-state index in [1.807, 2.05) is 18.7 Å². The van der Waals surface area contributed by atoms with Crippen molar-refractivity contribution in [2.75, 3.05) is 37.7 Å². The summed E-state index contributed by atoms with van der Waals surface area (Å²) < 4.78 is 5.20. The molecule has 1 aromatic rings. The third-order valence-corrected chi connectivity index (χ3v) is 3.35. The molecule has 22 heavy (non-hydrogen) atoms. The molecule has 0 aliphatic carbocycles. The Morgan fingerprint density at radius 2 is 2.05 bits per heavy atom. The zero-order chi connectivity index (χ0) is 16.1. The van der Waals surface area contributed by atoms with E-state index in [4.69, 9.17) is 4.74 Å². The molecule has 1 aliphatic rings. The topological polar surface area (TPSA) is 88.8 Å². The van der Waals surface area contributed by atoms with E-state index in [-0.39, 0.29) is 11.8 Å². The van der Waals surface area contributed by atoms with Gasteiger partial charge >= 0.3 is 6.09 Å². The summed E-state index contributed by atoms with van der Waals surface area (Å²) in [5.41, 5.74) is -0.0281. The van der Waals surface area contributed by atoms with Crippen LogP contribution in [-0.4, -0.2) is 53.7 Å². The number of carbonyl (C=O) groups is 1. The van der Waals surface area contributed by atoms with Crippen molar-refractivity contribution in [3.63, 3.8) is 0 Å². The number of nitrogens with zero attached hydrogens (tertiary/aromatic N) is 4. The van der Waals surface area contributed by atoms with Crippen LogP contribution in [0.5, 0.6) is 0 Å². The minimum absolute atomic E-state index is 0.0281. The number of rotatable bonds is 4. The van der Waals surface area contributed by atoms with Crippen molar-refractivity contribution in [2.24, 2.45) is 5.92 Å². The predicted molar refractivity (Wildman–Crippen MR) is 80.9 cm³/mol. The highest BCUT2D eigenvalue weighted by Crippen LogP contribution is 2.17. The first-order valence-corrected chi connectivity index (χ1v) is 7.24. The smallest absolute Gasteiger partial charge is 0.409 e. The summed E-state index contributed by atoms with van der Waals surface area (Å²) in [6.07, 6.45) is 0.962. The number of hydrogen-bond donors (Lipinski definition) is 0. The fourth-order valence-corrected chi connectivity index (χ4v) is 2.12. The molecule has 0 radical (unpaired) electrons. The van der Waals surface area contributed by atoms with Gasteiger partial charge in [-0.25, -0.2) is 9.78 Å². The van der Waals surface area contributed by atoms with Crippen LogP contribution in [0.1, 0.15) is 13.8 Å². The lowest BCUT2D eigenvalue weighted by Gasteiger charge is -2.34. The maximum absolute atomic E-state index is 11.9. The number of anilines is 1. The van der Waals surface area contributed by atoms with E-state index in [1.165, 1.54) is 12.3 Å². The largest absolute Gasteiger partial charge is 0.449 e. The summed E-state index contributed by atoms with van der Waals surface area (Å²) >= 11 is 0. The number of piperazine rings is 1. The van der Waals surface area contributed by atoms with Crippen LogP contribution in [0.2, 0.25) is 0 Å². The minimum Gasteiger partial charge on any atom is -0.449 e. The first kappa shape index (κ1) is 16.0. The second kappa shape index (κ2) is 7.06. The molecule has 0 atom stereocenters. The maximum Gasteiger partial charge on any atom is 0.409 e. The van der Waals surface area contributed by atoms with E-state index in [0.29, 0.717) is 44.5 Å². The summed E-state index contributed by atoms with van der Waals surface area (Å²) in [7, 11) is 0. The standard InChI is InChI=1S/C14H20N4O4/c1-11(2)10-22-14(19)17-7-5-16(6-8-17)13-4-3-12(9-15-13)18(20)21/h3-4,9,11H,5-8,10H2,1-2H3. The third kappa shape index (κ3) is 4.06. The van der Waals surface area contributed by atoms with Crippen LogP contribution in [0.3, 0.4) is 0 Å². The normalized spacial score (nSPS) is 15.0. The van der Waals surface area contributed by atoms with Crippen molar-refractivity contribution < 1.29 is 14.5 Å². The van der Waals surface area contributed by atoms with E-state index in [1.54, 1.807) is 11.0 Å². The Labute approximate surface area is 128 Å². The second-order valence-corrected chi connectivity index (χ2v) is 5.58. The highest BCUT2D eigenvalue weighted by atomic mass is 16.6. The molecular formula is C14H20N4O4. The van der Waals surface area contributed by atoms with Crippen LogP contribution >= 0.6 is 0 Å². The highest BCUT2D eigenvalue weighted by Gasteiger charge is 2.23. The maximum atomic E-state index is 11.9. The van der Waals surface area contributed by atoms with E-state index >= 15 is 0 Å². The van der Waals surface area contributed by atoms with Gasteiger partial charge in [0, 0.05) is 32.2 Å². The van der Waals surface area contributed by atoms with Gasteiger partial charge in [-0.2, -0.15) is 0 Å². The molecule has 0 spiro atoms. The van der Waals surface area contributed by atoms with Crippen LogP contribution < -0.4 is 4.90 Å². The highest BCUT2D eigenvalue weighted by molar-refractivity contribution is 5.68. The molecule has 0 N–H and O–H groups in total. The van der Waals surface area contributed by atoms with Crippen LogP contribution in [0.15, 0.2) is 18.3 Å². The van der Waals surface area contributed by atoms with Crippen molar-refractivity contribution >= 4 is 17.6 Å². The van der Waals surface area contributed by atoms with Crippen molar-refractivity contribution in [1.82, 2.24) is 9.88 Å². The monoisotopic (exact) mass is 308 g/mol. The molecule has 8 heteroatoms. The minimum atomic E-state index is -0.473. The average Bonchev–Trinajstić information content (AvgIpc) is 2.53. The lowest BCUT2D eigenvalue weighted by Crippen LogP contribution is -2.49. The van der Waals surface area contributed by atoms with Gasteiger partial charge in [0.15, 0.2) is 0 Å². The van der Waals surface area contributed by atoms with Gasteiger partial charge in [-0.3, -0.25) is 10.1 Å². The lowest BCUT2D eigenvalue weighted by molar-refractivity contribution is -0.385. The molecule has 0 aromatic carbocycles. The molecule has 1 fully saturated rings. The third-order valence-electron chi connectivity index (χ3n) is 3.35. The van der Waals surface area contributed by atoms with Gasteiger partial charge in [0.2, 0.25) is 0 Å². The molecule has 0 unspecified atom stereocenters. The number of nitro groups is 1. The Morgan fingerprint density at radius 1 is 1.36 bits per heavy atom. The van der Waals surface area contributed by atoms with Crippen molar-refractivity contribution in [3.8, 4) is 0 Å². The molecule has 2 heterocycles. The second-order valence-electron chi connectivity index (χ2n) is 5.58. The Kier molecular flexibility index (Phi) is 5.13. The zero-order valence-corrected chi connectivity index (χ0v) is 12.8. The van der Waals surface area contributed by atoms with E-state index in [9.17, 15) is 14.9 Å².